The average molecular weight is 550 g/mol. The molecule has 14 heteroatoms. The number of hydrogen-bond donors (Lipinski definition) is 3. The minimum Gasteiger partial charge on any atom is -0.396 e. The third kappa shape index (κ3) is 5.45. The molecule has 0 spiro atoms. The van der Waals surface area contributed by atoms with Crippen molar-refractivity contribution in [2.24, 2.45) is 10.2 Å². The number of halogens is 5. The number of amides is 1. The lowest BCUT2D eigenvalue weighted by atomic mass is 10.0. The molecule has 0 atom stereocenters. The van der Waals surface area contributed by atoms with Crippen molar-refractivity contribution in [3.63, 3.8) is 0 Å². The monoisotopic (exact) mass is 550 g/mol. The first kappa shape index (κ1) is 26.6. The van der Waals surface area contributed by atoms with Crippen LogP contribution in [-0.4, -0.2) is 25.1 Å². The molecule has 0 bridgehead atoms. The maximum atomic E-state index is 14.8. The van der Waals surface area contributed by atoms with Gasteiger partial charge in [0, 0.05) is 10.8 Å². The summed E-state index contributed by atoms with van der Waals surface area (Å²) in [5.74, 6) is -4.06. The third-order valence-corrected chi connectivity index (χ3v) is 6.20. The fourth-order valence-corrected chi connectivity index (χ4v) is 4.23. The van der Waals surface area contributed by atoms with Crippen LogP contribution in [-0.2, 0) is 14.9 Å². The Morgan fingerprint density at radius 3 is 2.00 bits per heavy atom. The van der Waals surface area contributed by atoms with Gasteiger partial charge < -0.3 is 11.1 Å². The summed E-state index contributed by atoms with van der Waals surface area (Å²) in [6, 6.07) is 13.1. The van der Waals surface area contributed by atoms with E-state index >= 15 is 0 Å². The molecule has 4 rings (SSSR count). The standard InChI is InChI=1S/C24H15F5N4O4S/c25-16-9-12(5-7-18(16)30)13-6-8-19(17(26)10-13)32-33-20-11-21(38(35,36)37)14-3-1-2-4-15(14)22(20)31-23(34)24(27,28)29/h1-11H,30H2,(H,31,34)(H,35,36,37)/b33-32+. The van der Waals surface area contributed by atoms with Gasteiger partial charge in [0.15, 0.2) is 5.82 Å². The van der Waals surface area contributed by atoms with E-state index in [0.717, 1.165) is 18.2 Å². The number of fused-ring (bicyclic) bond motifs is 1. The smallest absolute Gasteiger partial charge is 0.396 e. The number of hydrogen-bond acceptors (Lipinski definition) is 6. The minimum absolute atomic E-state index is 0.104. The topological polar surface area (TPSA) is 134 Å². The molecule has 4 N–H and O–H groups in total. The van der Waals surface area contributed by atoms with Crippen molar-refractivity contribution < 1.29 is 39.7 Å². The number of carbonyl (C=O) groups excluding carboxylic acids is 1. The Balaban J connectivity index is 1.83. The van der Waals surface area contributed by atoms with Crippen molar-refractivity contribution in [2.75, 3.05) is 11.1 Å². The molecule has 0 unspecified atom stereocenters. The van der Waals surface area contributed by atoms with Gasteiger partial charge in [0.1, 0.15) is 22.1 Å². The quantitative estimate of drug-likeness (QED) is 0.112. The van der Waals surface area contributed by atoms with Gasteiger partial charge in [0.25, 0.3) is 10.1 Å². The van der Waals surface area contributed by atoms with E-state index in [1.165, 1.54) is 42.5 Å². The summed E-state index contributed by atoms with van der Waals surface area (Å²) in [6.45, 7) is 0. The Morgan fingerprint density at radius 2 is 1.42 bits per heavy atom. The minimum atomic E-state index is -5.30. The Hall–Kier alpha value is -4.43. The molecular weight excluding hydrogens is 535 g/mol. The van der Waals surface area contributed by atoms with E-state index in [0.29, 0.717) is 11.6 Å². The molecule has 0 radical (unpaired) electrons. The number of nitrogens with two attached hydrogens (primary N) is 1. The van der Waals surface area contributed by atoms with Crippen molar-refractivity contribution >= 4 is 49.5 Å². The van der Waals surface area contributed by atoms with Crippen LogP contribution in [0.2, 0.25) is 0 Å². The summed E-state index contributed by atoms with van der Waals surface area (Å²) >= 11 is 0. The first-order chi connectivity index (χ1) is 17.8. The third-order valence-electron chi connectivity index (χ3n) is 5.31. The van der Waals surface area contributed by atoms with Gasteiger partial charge in [-0.15, -0.1) is 10.2 Å². The molecule has 4 aromatic carbocycles. The Morgan fingerprint density at radius 1 is 0.842 bits per heavy atom. The number of benzene rings is 4. The Bertz CT molecular complexity index is 1720. The summed E-state index contributed by atoms with van der Waals surface area (Å²) in [7, 11) is -4.91. The molecule has 38 heavy (non-hydrogen) atoms. The molecule has 0 aliphatic carbocycles. The highest BCUT2D eigenvalue weighted by Gasteiger charge is 2.39. The largest absolute Gasteiger partial charge is 0.471 e. The second kappa shape index (κ2) is 9.79. The number of alkyl halides is 3. The molecular formula is C24H15F5N4O4S. The molecule has 0 aliphatic heterocycles. The van der Waals surface area contributed by atoms with Crippen LogP contribution in [0.4, 0.5) is 44.7 Å². The van der Waals surface area contributed by atoms with Crippen LogP contribution in [0.1, 0.15) is 0 Å². The summed E-state index contributed by atoms with van der Waals surface area (Å²) < 4.78 is 101. The van der Waals surface area contributed by atoms with Crippen molar-refractivity contribution in [1.29, 1.82) is 0 Å². The van der Waals surface area contributed by atoms with Gasteiger partial charge in [-0.2, -0.15) is 21.6 Å². The zero-order valence-corrected chi connectivity index (χ0v) is 19.6. The van der Waals surface area contributed by atoms with E-state index < -0.39 is 55.8 Å². The summed E-state index contributed by atoms with van der Waals surface area (Å²) in [4.78, 5) is 11.0. The predicted molar refractivity (Wildman–Crippen MR) is 129 cm³/mol. The second-order valence-corrected chi connectivity index (χ2v) is 9.23. The maximum Gasteiger partial charge on any atom is 0.471 e. The Kier molecular flexibility index (Phi) is 6.86. The highest BCUT2D eigenvalue weighted by atomic mass is 32.2. The molecule has 0 saturated carbocycles. The van der Waals surface area contributed by atoms with Crippen LogP contribution in [0.3, 0.4) is 0 Å². The molecule has 0 heterocycles. The predicted octanol–water partition coefficient (Wildman–Crippen LogP) is 6.53. The first-order valence-corrected chi connectivity index (χ1v) is 11.9. The highest BCUT2D eigenvalue weighted by Crippen LogP contribution is 2.40. The summed E-state index contributed by atoms with van der Waals surface area (Å²) in [5, 5.41) is 8.53. The summed E-state index contributed by atoms with van der Waals surface area (Å²) in [5.41, 5.74) is 4.27. The van der Waals surface area contributed by atoms with Gasteiger partial charge in [0.05, 0.1) is 11.4 Å². The second-order valence-electron chi connectivity index (χ2n) is 7.84. The molecule has 8 nitrogen and oxygen atoms in total. The first-order valence-electron chi connectivity index (χ1n) is 10.4. The van der Waals surface area contributed by atoms with E-state index in [2.05, 4.69) is 10.2 Å². The van der Waals surface area contributed by atoms with E-state index in [4.69, 9.17) is 5.73 Å². The molecule has 0 aromatic heterocycles. The van der Waals surface area contributed by atoms with Crippen molar-refractivity contribution in [3.05, 3.63) is 78.4 Å². The van der Waals surface area contributed by atoms with Crippen LogP contribution < -0.4 is 11.1 Å². The molecule has 0 fully saturated rings. The van der Waals surface area contributed by atoms with Crippen LogP contribution in [0.25, 0.3) is 21.9 Å². The van der Waals surface area contributed by atoms with Gasteiger partial charge in [-0.05, 0) is 41.5 Å². The number of carbonyl (C=O) groups is 1. The molecule has 1 amide bonds. The van der Waals surface area contributed by atoms with Crippen molar-refractivity contribution in [2.45, 2.75) is 11.1 Å². The van der Waals surface area contributed by atoms with E-state index in [9.17, 15) is 39.7 Å². The maximum absolute atomic E-state index is 14.8. The van der Waals surface area contributed by atoms with Crippen molar-refractivity contribution in [1.82, 2.24) is 0 Å². The normalized spacial score (nSPS) is 12.3. The number of rotatable bonds is 5. The number of anilines is 2. The zero-order chi connectivity index (χ0) is 27.8. The highest BCUT2D eigenvalue weighted by molar-refractivity contribution is 7.86. The van der Waals surface area contributed by atoms with Gasteiger partial charge >= 0.3 is 12.1 Å². The van der Waals surface area contributed by atoms with E-state index in [1.807, 2.05) is 0 Å². The number of azo groups is 1. The lowest BCUT2D eigenvalue weighted by Crippen LogP contribution is -2.30. The number of nitrogen functional groups attached to an aromatic ring is 1. The van der Waals surface area contributed by atoms with Crippen molar-refractivity contribution in [3.8, 4) is 11.1 Å². The summed E-state index contributed by atoms with van der Waals surface area (Å²) in [6.07, 6.45) is -5.30. The molecule has 4 aromatic rings. The van der Waals surface area contributed by atoms with E-state index in [-0.39, 0.29) is 22.0 Å². The van der Waals surface area contributed by atoms with Gasteiger partial charge in [-0.25, -0.2) is 8.78 Å². The fourth-order valence-electron chi connectivity index (χ4n) is 3.52. The lowest BCUT2D eigenvalue weighted by molar-refractivity contribution is -0.167. The van der Waals surface area contributed by atoms with Crippen LogP contribution in [0.5, 0.6) is 0 Å². The van der Waals surface area contributed by atoms with Gasteiger partial charge in [-0.3, -0.25) is 9.35 Å². The molecule has 0 aliphatic rings. The van der Waals surface area contributed by atoms with Crippen LogP contribution in [0, 0.1) is 11.6 Å². The van der Waals surface area contributed by atoms with Gasteiger partial charge in [0.2, 0.25) is 0 Å². The number of nitrogens with one attached hydrogen (secondary N) is 1. The van der Waals surface area contributed by atoms with E-state index in [1.54, 1.807) is 5.32 Å². The average Bonchev–Trinajstić information content (AvgIpc) is 2.84. The zero-order valence-electron chi connectivity index (χ0n) is 18.8. The Labute approximate surface area is 211 Å². The van der Waals surface area contributed by atoms with Gasteiger partial charge in [-0.1, -0.05) is 36.4 Å². The SMILES string of the molecule is Nc1ccc(-c2ccc(/N=N/c3cc(S(=O)(=O)O)c4ccccc4c3NC(=O)C(F)(F)F)c(F)c2)cc1F. The lowest BCUT2D eigenvalue weighted by Gasteiger charge is -2.15. The molecule has 196 valence electrons. The molecule has 0 saturated heterocycles. The number of nitrogens with zero attached hydrogens (tertiary/aromatic N) is 2. The fraction of sp³-hybridized carbons (Fsp3) is 0.0417. The van der Waals surface area contributed by atoms with Crippen LogP contribution >= 0.6 is 0 Å². The van der Waals surface area contributed by atoms with Crippen LogP contribution in [0.15, 0.2) is 81.9 Å².